The standard InChI is InChI=1S/C23H21F3N8O3S2/c1-37-16-4-7-33(9-14(16)24)19-17-13-3-2-12(39(35,36)32-23(10-27)5-6-23)8-15(13)34(20(17)29-11-28-19)22-31-30-21(38-22)18(25)26/h2-3,8,11,14,16,18,32H,4-7,9H2,1H3/t14-,16-/m0/s1. The van der Waals surface area contributed by atoms with Crippen LogP contribution in [0.4, 0.5) is 19.0 Å². The van der Waals surface area contributed by atoms with Crippen molar-refractivity contribution in [2.75, 3.05) is 25.1 Å². The van der Waals surface area contributed by atoms with Crippen molar-refractivity contribution in [2.45, 2.75) is 48.4 Å². The number of fused-ring (bicyclic) bond motifs is 3. The fourth-order valence-electron chi connectivity index (χ4n) is 4.82. The molecule has 2 fully saturated rings. The number of halogens is 3. The number of sulfonamides is 1. The molecular formula is C23H21F3N8O3S2. The molecule has 4 heterocycles. The van der Waals surface area contributed by atoms with E-state index >= 15 is 0 Å². The van der Waals surface area contributed by atoms with Gasteiger partial charge in [0.05, 0.1) is 34.5 Å². The molecule has 1 saturated carbocycles. The van der Waals surface area contributed by atoms with E-state index in [1.54, 1.807) is 11.0 Å². The first-order valence-corrected chi connectivity index (χ1v) is 14.2. The number of nitrogens with one attached hydrogen (secondary N) is 1. The molecular weight excluding hydrogens is 557 g/mol. The molecule has 39 heavy (non-hydrogen) atoms. The van der Waals surface area contributed by atoms with Crippen LogP contribution in [-0.2, 0) is 14.8 Å². The van der Waals surface area contributed by atoms with Gasteiger partial charge in [0.15, 0.2) is 10.7 Å². The molecule has 1 saturated heterocycles. The molecule has 16 heteroatoms. The van der Waals surface area contributed by atoms with Crippen LogP contribution >= 0.6 is 11.3 Å². The van der Waals surface area contributed by atoms with Crippen molar-refractivity contribution in [3.8, 4) is 11.2 Å². The molecule has 0 bridgehead atoms. The topological polar surface area (TPSA) is 139 Å². The maximum atomic E-state index is 14.8. The highest BCUT2D eigenvalue weighted by Crippen LogP contribution is 2.40. The number of nitrogens with zero attached hydrogens (tertiary/aromatic N) is 7. The largest absolute Gasteiger partial charge is 0.378 e. The van der Waals surface area contributed by atoms with Crippen molar-refractivity contribution in [3.63, 3.8) is 0 Å². The van der Waals surface area contributed by atoms with E-state index in [0.717, 1.165) is 0 Å². The van der Waals surface area contributed by atoms with E-state index in [9.17, 15) is 26.9 Å². The second-order valence-electron chi connectivity index (χ2n) is 9.46. The predicted octanol–water partition coefficient (Wildman–Crippen LogP) is 3.26. The van der Waals surface area contributed by atoms with Crippen molar-refractivity contribution >= 4 is 49.1 Å². The maximum absolute atomic E-state index is 14.8. The van der Waals surface area contributed by atoms with Crippen LogP contribution in [-0.4, -0.2) is 71.2 Å². The second-order valence-corrected chi connectivity index (χ2v) is 12.1. The summed E-state index contributed by atoms with van der Waals surface area (Å²) in [5, 5.41) is 17.4. The first kappa shape index (κ1) is 25.9. The van der Waals surface area contributed by atoms with Crippen LogP contribution in [0.25, 0.3) is 27.1 Å². The van der Waals surface area contributed by atoms with Gasteiger partial charge in [-0.05, 0) is 31.4 Å². The second kappa shape index (κ2) is 9.37. The van der Waals surface area contributed by atoms with Gasteiger partial charge < -0.3 is 9.64 Å². The number of ether oxygens (including phenoxy) is 1. The minimum absolute atomic E-state index is 0.0122. The molecule has 0 radical (unpaired) electrons. The van der Waals surface area contributed by atoms with E-state index in [-0.39, 0.29) is 22.2 Å². The maximum Gasteiger partial charge on any atom is 0.291 e. The SMILES string of the molecule is CO[C@H]1CCN(c2ncnc3c2c2ccc(S(=O)(=O)NC4(C#N)CC4)cc2n3-c2nnc(C(F)F)s2)C[C@@H]1F. The third-order valence-corrected chi connectivity index (χ3v) is 9.44. The average Bonchev–Trinajstić information content (AvgIpc) is 3.36. The molecule has 4 aromatic rings. The number of hydrogen-bond donors (Lipinski definition) is 1. The lowest BCUT2D eigenvalue weighted by atomic mass is 10.1. The lowest BCUT2D eigenvalue weighted by Gasteiger charge is -2.34. The number of anilines is 1. The van der Waals surface area contributed by atoms with Gasteiger partial charge in [0, 0.05) is 19.0 Å². The number of alkyl halides is 3. The minimum atomic E-state index is -4.10. The summed E-state index contributed by atoms with van der Waals surface area (Å²) in [4.78, 5) is 10.4. The molecule has 1 aliphatic carbocycles. The van der Waals surface area contributed by atoms with Gasteiger partial charge in [-0.1, -0.05) is 17.4 Å². The number of hydrogen-bond acceptors (Lipinski definition) is 10. The van der Waals surface area contributed by atoms with Gasteiger partial charge in [0.2, 0.25) is 15.2 Å². The highest BCUT2D eigenvalue weighted by Gasteiger charge is 2.47. The minimum Gasteiger partial charge on any atom is -0.378 e. The van der Waals surface area contributed by atoms with Crippen LogP contribution in [0.5, 0.6) is 0 Å². The Morgan fingerprint density at radius 3 is 2.72 bits per heavy atom. The summed E-state index contributed by atoms with van der Waals surface area (Å²) in [5.41, 5.74) is -0.562. The molecule has 6 rings (SSSR count). The average molecular weight is 579 g/mol. The van der Waals surface area contributed by atoms with Gasteiger partial charge in [0.1, 0.15) is 23.9 Å². The van der Waals surface area contributed by atoms with E-state index in [4.69, 9.17) is 4.74 Å². The van der Waals surface area contributed by atoms with E-state index in [0.29, 0.717) is 59.3 Å². The van der Waals surface area contributed by atoms with Gasteiger partial charge in [-0.2, -0.15) is 9.98 Å². The zero-order chi connectivity index (χ0) is 27.5. The van der Waals surface area contributed by atoms with Crippen LogP contribution in [0.1, 0.15) is 30.7 Å². The fourth-order valence-corrected chi connectivity index (χ4v) is 6.94. The van der Waals surface area contributed by atoms with E-state index in [2.05, 4.69) is 24.9 Å². The number of piperidine rings is 1. The molecule has 0 amide bonds. The van der Waals surface area contributed by atoms with Gasteiger partial charge in [-0.15, -0.1) is 10.2 Å². The monoisotopic (exact) mass is 578 g/mol. The molecule has 11 nitrogen and oxygen atoms in total. The van der Waals surface area contributed by atoms with Crippen LogP contribution in [0.2, 0.25) is 0 Å². The molecule has 204 valence electrons. The van der Waals surface area contributed by atoms with Crippen molar-refractivity contribution in [3.05, 3.63) is 29.5 Å². The third kappa shape index (κ3) is 4.39. The van der Waals surface area contributed by atoms with Crippen LogP contribution in [0.15, 0.2) is 29.4 Å². The molecule has 0 unspecified atom stereocenters. The molecule has 3 aromatic heterocycles. The van der Waals surface area contributed by atoms with Gasteiger partial charge in [0.25, 0.3) is 6.43 Å². The summed E-state index contributed by atoms with van der Waals surface area (Å²) in [6.45, 7) is 0.455. The molecule has 1 N–H and O–H groups in total. The fraction of sp³-hybridized carbons (Fsp3) is 0.435. The summed E-state index contributed by atoms with van der Waals surface area (Å²) in [6, 6.07) is 6.31. The Hall–Kier alpha value is -3.39. The van der Waals surface area contributed by atoms with Crippen LogP contribution < -0.4 is 9.62 Å². The van der Waals surface area contributed by atoms with Crippen molar-refractivity contribution < 1.29 is 26.3 Å². The van der Waals surface area contributed by atoms with E-state index in [1.165, 1.54) is 30.1 Å². The molecule has 0 spiro atoms. The number of methoxy groups -OCH3 is 1. The summed E-state index contributed by atoms with van der Waals surface area (Å²) in [7, 11) is -2.64. The quantitative estimate of drug-likeness (QED) is 0.350. The highest BCUT2D eigenvalue weighted by molar-refractivity contribution is 7.89. The Morgan fingerprint density at radius 1 is 1.28 bits per heavy atom. The first-order chi connectivity index (χ1) is 18.7. The Kier molecular flexibility index (Phi) is 6.21. The lowest BCUT2D eigenvalue weighted by Crippen LogP contribution is -2.45. The molecule has 1 aliphatic heterocycles. The van der Waals surface area contributed by atoms with Crippen molar-refractivity contribution in [2.24, 2.45) is 0 Å². The van der Waals surface area contributed by atoms with Crippen molar-refractivity contribution in [1.29, 1.82) is 5.26 Å². The number of aromatic nitrogens is 5. The number of benzene rings is 1. The molecule has 1 aromatic carbocycles. The van der Waals surface area contributed by atoms with Gasteiger partial charge in [-0.3, -0.25) is 4.57 Å². The van der Waals surface area contributed by atoms with Gasteiger partial charge in [-0.25, -0.2) is 31.6 Å². The van der Waals surface area contributed by atoms with E-state index < -0.39 is 39.3 Å². The smallest absolute Gasteiger partial charge is 0.291 e. The molecule has 2 atom stereocenters. The summed E-state index contributed by atoms with van der Waals surface area (Å²) < 4.78 is 77.0. The zero-order valence-electron chi connectivity index (χ0n) is 20.4. The van der Waals surface area contributed by atoms with Crippen molar-refractivity contribution in [1.82, 2.24) is 29.5 Å². The first-order valence-electron chi connectivity index (χ1n) is 11.9. The van der Waals surface area contributed by atoms with E-state index in [1.807, 2.05) is 6.07 Å². The lowest BCUT2D eigenvalue weighted by molar-refractivity contribution is 0.0196. The summed E-state index contributed by atoms with van der Waals surface area (Å²) >= 11 is 0.643. The number of nitriles is 1. The van der Waals surface area contributed by atoms with Gasteiger partial charge >= 0.3 is 0 Å². The summed E-state index contributed by atoms with van der Waals surface area (Å²) in [6.07, 6.45) is -2.15. The van der Waals surface area contributed by atoms with Crippen LogP contribution in [0, 0.1) is 11.3 Å². The highest BCUT2D eigenvalue weighted by atomic mass is 32.2. The normalized spacial score (nSPS) is 21.1. The number of rotatable bonds is 7. The predicted molar refractivity (Wildman–Crippen MR) is 135 cm³/mol. The Morgan fingerprint density at radius 2 is 2.08 bits per heavy atom. The zero-order valence-corrected chi connectivity index (χ0v) is 22.0. The third-order valence-electron chi connectivity index (χ3n) is 6.99. The Labute approximate surface area is 224 Å². The van der Waals surface area contributed by atoms with Crippen LogP contribution in [0.3, 0.4) is 0 Å². The molecule has 2 aliphatic rings. The Balaban J connectivity index is 1.55. The summed E-state index contributed by atoms with van der Waals surface area (Å²) in [5.74, 6) is 0.412. The Bertz CT molecular complexity index is 1730.